The maximum atomic E-state index is 13.9. The number of nitrogens with zero attached hydrogens (tertiary/aromatic N) is 2. The standard InChI is InChI=1S/C29H33Cl2N3O4S/c1-19(2)32-29(36)22(5)33(17-23-10-11-24(30)16-27(23)31)28(35)18-34(25-12-6-20(3)7-13-25)39(37,38)26-14-8-21(4)9-15-26/h6-16,19,22H,17-18H2,1-5H3,(H,32,36)/t22-/m1/s1. The summed E-state index contributed by atoms with van der Waals surface area (Å²) in [6.07, 6.45) is 0. The highest BCUT2D eigenvalue weighted by molar-refractivity contribution is 7.92. The van der Waals surface area contributed by atoms with E-state index in [2.05, 4.69) is 5.32 Å². The number of hydrogen-bond acceptors (Lipinski definition) is 4. The number of aryl methyl sites for hydroxylation is 2. The molecule has 208 valence electrons. The summed E-state index contributed by atoms with van der Waals surface area (Å²) in [5, 5.41) is 3.59. The fraction of sp³-hybridized carbons (Fsp3) is 0.310. The number of benzene rings is 3. The number of hydrogen-bond donors (Lipinski definition) is 1. The topological polar surface area (TPSA) is 86.8 Å². The second-order valence-electron chi connectivity index (χ2n) is 9.76. The Morgan fingerprint density at radius 1 is 0.872 bits per heavy atom. The van der Waals surface area contributed by atoms with Gasteiger partial charge in [-0.25, -0.2) is 8.42 Å². The highest BCUT2D eigenvalue weighted by atomic mass is 35.5. The Morgan fingerprint density at radius 2 is 1.44 bits per heavy atom. The Bertz CT molecular complexity index is 1430. The normalized spacial score (nSPS) is 12.2. The zero-order valence-corrected chi connectivity index (χ0v) is 24.9. The Balaban J connectivity index is 2.04. The van der Waals surface area contributed by atoms with Crippen LogP contribution in [0.15, 0.2) is 71.6 Å². The van der Waals surface area contributed by atoms with Crippen LogP contribution in [0, 0.1) is 13.8 Å². The Kier molecular flexibility index (Phi) is 10.0. The van der Waals surface area contributed by atoms with Crippen LogP contribution in [0.4, 0.5) is 5.69 Å². The summed E-state index contributed by atoms with van der Waals surface area (Å²) in [6.45, 7) is 8.45. The van der Waals surface area contributed by atoms with Crippen molar-refractivity contribution in [2.75, 3.05) is 10.8 Å². The van der Waals surface area contributed by atoms with Crippen molar-refractivity contribution < 1.29 is 18.0 Å². The van der Waals surface area contributed by atoms with Crippen molar-refractivity contribution in [1.82, 2.24) is 10.2 Å². The van der Waals surface area contributed by atoms with Crippen molar-refractivity contribution in [1.29, 1.82) is 0 Å². The Morgan fingerprint density at radius 3 is 1.97 bits per heavy atom. The van der Waals surface area contributed by atoms with Crippen LogP contribution < -0.4 is 9.62 Å². The minimum atomic E-state index is -4.12. The molecule has 7 nitrogen and oxygen atoms in total. The van der Waals surface area contributed by atoms with E-state index in [4.69, 9.17) is 23.2 Å². The van der Waals surface area contributed by atoms with Gasteiger partial charge in [0.25, 0.3) is 10.0 Å². The Labute approximate surface area is 240 Å². The zero-order valence-electron chi connectivity index (χ0n) is 22.6. The van der Waals surface area contributed by atoms with Crippen LogP contribution in [0.25, 0.3) is 0 Å². The Hall–Kier alpha value is -3.07. The van der Waals surface area contributed by atoms with Crippen molar-refractivity contribution in [2.45, 2.75) is 58.1 Å². The van der Waals surface area contributed by atoms with E-state index in [1.165, 1.54) is 17.0 Å². The molecule has 0 saturated carbocycles. The van der Waals surface area contributed by atoms with Gasteiger partial charge < -0.3 is 10.2 Å². The molecule has 1 N–H and O–H groups in total. The molecule has 0 fully saturated rings. The monoisotopic (exact) mass is 589 g/mol. The summed E-state index contributed by atoms with van der Waals surface area (Å²) in [6, 6.07) is 17.1. The predicted molar refractivity (Wildman–Crippen MR) is 157 cm³/mol. The number of rotatable bonds is 10. The number of amides is 2. The van der Waals surface area contributed by atoms with Gasteiger partial charge in [0.05, 0.1) is 10.6 Å². The maximum Gasteiger partial charge on any atom is 0.264 e. The molecule has 0 bridgehead atoms. The average molecular weight is 591 g/mol. The highest BCUT2D eigenvalue weighted by Crippen LogP contribution is 2.27. The first kappa shape index (κ1) is 30.5. The molecule has 3 aromatic rings. The van der Waals surface area contributed by atoms with E-state index in [9.17, 15) is 18.0 Å². The summed E-state index contributed by atoms with van der Waals surface area (Å²) in [5.74, 6) is -0.935. The minimum absolute atomic E-state index is 0.0200. The summed E-state index contributed by atoms with van der Waals surface area (Å²) in [4.78, 5) is 28.3. The van der Waals surface area contributed by atoms with Crippen LogP contribution >= 0.6 is 23.2 Å². The van der Waals surface area contributed by atoms with Crippen molar-refractivity contribution in [3.63, 3.8) is 0 Å². The van der Waals surface area contributed by atoms with Crippen LogP contribution in [0.5, 0.6) is 0 Å². The van der Waals surface area contributed by atoms with E-state index in [1.807, 2.05) is 27.7 Å². The molecule has 10 heteroatoms. The van der Waals surface area contributed by atoms with Crippen LogP contribution in [0.2, 0.25) is 10.0 Å². The molecule has 39 heavy (non-hydrogen) atoms. The van der Waals surface area contributed by atoms with Crippen molar-refractivity contribution in [2.24, 2.45) is 0 Å². The van der Waals surface area contributed by atoms with Gasteiger partial charge in [0.15, 0.2) is 0 Å². The number of nitrogens with one attached hydrogen (secondary N) is 1. The van der Waals surface area contributed by atoms with Crippen LogP contribution in [0.3, 0.4) is 0 Å². The minimum Gasteiger partial charge on any atom is -0.352 e. The van der Waals surface area contributed by atoms with Gasteiger partial charge in [0.2, 0.25) is 11.8 Å². The van der Waals surface area contributed by atoms with Gasteiger partial charge in [-0.3, -0.25) is 13.9 Å². The maximum absolute atomic E-state index is 13.9. The number of anilines is 1. The van der Waals surface area contributed by atoms with E-state index in [0.717, 1.165) is 15.4 Å². The fourth-order valence-electron chi connectivity index (χ4n) is 3.90. The van der Waals surface area contributed by atoms with Crippen LogP contribution in [-0.4, -0.2) is 43.8 Å². The smallest absolute Gasteiger partial charge is 0.264 e. The number of halogens is 2. The molecule has 0 aliphatic rings. The van der Waals surface area contributed by atoms with E-state index in [0.29, 0.717) is 21.3 Å². The molecule has 0 aromatic heterocycles. The zero-order chi connectivity index (χ0) is 28.9. The van der Waals surface area contributed by atoms with Gasteiger partial charge >= 0.3 is 0 Å². The van der Waals surface area contributed by atoms with Crippen molar-refractivity contribution >= 4 is 50.7 Å². The third-order valence-corrected chi connectivity index (χ3v) is 8.54. The second-order valence-corrected chi connectivity index (χ2v) is 12.5. The molecule has 0 radical (unpaired) electrons. The average Bonchev–Trinajstić information content (AvgIpc) is 2.86. The number of sulfonamides is 1. The molecule has 0 unspecified atom stereocenters. The molecule has 0 aliphatic carbocycles. The molecule has 3 aromatic carbocycles. The van der Waals surface area contributed by atoms with Gasteiger partial charge in [-0.05, 0) is 76.6 Å². The SMILES string of the molecule is Cc1ccc(N(CC(=O)N(Cc2ccc(Cl)cc2Cl)[C@H](C)C(=O)NC(C)C)S(=O)(=O)c2ccc(C)cc2)cc1. The summed E-state index contributed by atoms with van der Waals surface area (Å²) in [5.41, 5.74) is 2.75. The first-order valence-corrected chi connectivity index (χ1v) is 14.7. The van der Waals surface area contributed by atoms with Gasteiger partial charge in [0, 0.05) is 22.6 Å². The molecular weight excluding hydrogens is 557 g/mol. The van der Waals surface area contributed by atoms with Crippen LogP contribution in [0.1, 0.15) is 37.5 Å². The van der Waals surface area contributed by atoms with Crippen molar-refractivity contribution in [3.05, 3.63) is 93.5 Å². The fourth-order valence-corrected chi connectivity index (χ4v) is 5.78. The lowest BCUT2D eigenvalue weighted by Crippen LogP contribution is -2.52. The third kappa shape index (κ3) is 7.75. The molecule has 2 amide bonds. The van der Waals surface area contributed by atoms with Gasteiger partial charge in [-0.2, -0.15) is 0 Å². The summed E-state index contributed by atoms with van der Waals surface area (Å²) >= 11 is 12.4. The molecule has 0 aliphatic heterocycles. The van der Waals surface area contributed by atoms with E-state index in [1.54, 1.807) is 61.5 Å². The first-order valence-electron chi connectivity index (χ1n) is 12.5. The van der Waals surface area contributed by atoms with Crippen molar-refractivity contribution in [3.8, 4) is 0 Å². The lowest BCUT2D eigenvalue weighted by Gasteiger charge is -2.32. The number of carbonyl (C=O) groups is 2. The third-order valence-electron chi connectivity index (χ3n) is 6.16. The summed E-state index contributed by atoms with van der Waals surface area (Å²) < 4.78 is 28.7. The summed E-state index contributed by atoms with van der Waals surface area (Å²) in [7, 11) is -4.12. The predicted octanol–water partition coefficient (Wildman–Crippen LogP) is 5.75. The molecule has 1 atom stereocenters. The molecule has 0 heterocycles. The molecule has 0 saturated heterocycles. The second kappa shape index (κ2) is 12.9. The molecule has 0 spiro atoms. The van der Waals surface area contributed by atoms with Crippen LogP contribution in [-0.2, 0) is 26.2 Å². The van der Waals surface area contributed by atoms with E-state index in [-0.39, 0.29) is 23.4 Å². The van der Waals surface area contributed by atoms with Gasteiger partial charge in [-0.1, -0.05) is 64.7 Å². The van der Waals surface area contributed by atoms with E-state index >= 15 is 0 Å². The number of carbonyl (C=O) groups excluding carboxylic acids is 2. The van der Waals surface area contributed by atoms with Gasteiger partial charge in [-0.15, -0.1) is 0 Å². The highest BCUT2D eigenvalue weighted by Gasteiger charge is 2.33. The molecule has 3 rings (SSSR count). The lowest BCUT2D eigenvalue weighted by molar-refractivity contribution is -0.139. The van der Waals surface area contributed by atoms with Gasteiger partial charge in [0.1, 0.15) is 12.6 Å². The molecular formula is C29H33Cl2N3O4S. The lowest BCUT2D eigenvalue weighted by atomic mass is 10.1. The van der Waals surface area contributed by atoms with E-state index < -0.39 is 28.5 Å². The quantitative estimate of drug-likeness (QED) is 0.326. The largest absolute Gasteiger partial charge is 0.352 e. The first-order chi connectivity index (χ1) is 18.3.